The number of aliphatic hydroxyl groups is 2. The third-order valence-electron chi connectivity index (χ3n) is 9.15. The summed E-state index contributed by atoms with van der Waals surface area (Å²) >= 11 is 3.63. The van der Waals surface area contributed by atoms with Gasteiger partial charge in [-0.3, -0.25) is 9.59 Å². The van der Waals surface area contributed by atoms with Crippen molar-refractivity contribution < 1.29 is 29.3 Å². The molecule has 3 N–H and O–H groups in total. The summed E-state index contributed by atoms with van der Waals surface area (Å²) in [5, 5.41) is 23.5. The molecule has 228 valence electrons. The maximum absolute atomic E-state index is 14.7. The van der Waals surface area contributed by atoms with Crippen LogP contribution in [0, 0.1) is 5.92 Å². The van der Waals surface area contributed by atoms with E-state index in [2.05, 4.69) is 53.4 Å². The van der Waals surface area contributed by atoms with Crippen molar-refractivity contribution in [2.75, 3.05) is 23.9 Å². The second-order valence-electron chi connectivity index (χ2n) is 12.1. The van der Waals surface area contributed by atoms with Gasteiger partial charge in [-0.15, -0.1) is 0 Å². The Morgan fingerprint density at radius 1 is 1.14 bits per heavy atom. The molecule has 43 heavy (non-hydrogen) atoms. The number of amides is 2. The Bertz CT molecular complexity index is 1500. The molecule has 2 amide bonds. The van der Waals surface area contributed by atoms with Gasteiger partial charge in [0.1, 0.15) is 11.9 Å². The summed E-state index contributed by atoms with van der Waals surface area (Å²) in [6.07, 6.45) is -0.963. The molecule has 1 spiro atoms. The van der Waals surface area contributed by atoms with Crippen LogP contribution in [0.15, 0.2) is 71.2 Å². The van der Waals surface area contributed by atoms with E-state index in [4.69, 9.17) is 9.47 Å². The predicted molar refractivity (Wildman–Crippen MR) is 173 cm³/mol. The van der Waals surface area contributed by atoms with E-state index in [1.807, 2.05) is 42.5 Å². The summed E-state index contributed by atoms with van der Waals surface area (Å²) in [4.78, 5) is 28.4. The number of methoxy groups -OCH3 is 1. The van der Waals surface area contributed by atoms with Gasteiger partial charge in [-0.2, -0.15) is 0 Å². The highest BCUT2D eigenvalue weighted by atomic mass is 79.9. The third-order valence-corrected chi connectivity index (χ3v) is 14.0. The van der Waals surface area contributed by atoms with Gasteiger partial charge >= 0.3 is 0 Å². The second kappa shape index (κ2) is 12.2. The van der Waals surface area contributed by atoms with Crippen LogP contribution in [0.2, 0.25) is 18.6 Å². The van der Waals surface area contributed by atoms with Gasteiger partial charge in [-0.25, -0.2) is 0 Å². The van der Waals surface area contributed by atoms with Gasteiger partial charge in [-0.1, -0.05) is 65.4 Å². The monoisotopic (exact) mass is 666 g/mol. The Balaban J connectivity index is 1.51. The number of rotatable bonds is 9. The molecule has 0 radical (unpaired) electrons. The smallest absolute Gasteiger partial charge is 0.264 e. The fourth-order valence-electron chi connectivity index (χ4n) is 6.96. The Kier molecular flexibility index (Phi) is 8.88. The molecule has 1 saturated heterocycles. The van der Waals surface area contributed by atoms with Crippen molar-refractivity contribution in [3.63, 3.8) is 0 Å². The lowest BCUT2D eigenvalue weighted by molar-refractivity contribution is -0.146. The molecule has 2 aliphatic rings. The highest BCUT2D eigenvalue weighted by Gasteiger charge is 2.66. The number of hydrogen-bond acceptors (Lipinski definition) is 6. The normalized spacial score (nSPS) is 23.9. The van der Waals surface area contributed by atoms with E-state index < -0.39 is 25.7 Å². The fourth-order valence-corrected chi connectivity index (χ4v) is 11.4. The van der Waals surface area contributed by atoms with Crippen molar-refractivity contribution in [3.8, 4) is 5.75 Å². The molecule has 10 heteroatoms. The average Bonchev–Trinajstić information content (AvgIpc) is 3.40. The Morgan fingerprint density at radius 2 is 1.81 bits per heavy atom. The van der Waals surface area contributed by atoms with Crippen LogP contribution in [0.1, 0.15) is 31.4 Å². The van der Waals surface area contributed by atoms with Crippen LogP contribution < -0.4 is 20.1 Å². The van der Waals surface area contributed by atoms with E-state index >= 15 is 0 Å². The first-order chi connectivity index (χ1) is 20.4. The molecular weight excluding hydrogens is 628 g/mol. The molecule has 0 aromatic heterocycles. The number of hydrogen-bond donors (Lipinski definition) is 3. The SMILES string of the molecule is COc1ccc([Si](C)(C)[C@@H]2[C@@H](CCO)O[C@]3(C(=O)N(Cc4ccc(NC(=O)[C@H](C)O)cc4)c4ccc(Br)cc43)[C@H]2C)cc1. The van der Waals surface area contributed by atoms with E-state index in [9.17, 15) is 19.8 Å². The van der Waals surface area contributed by atoms with E-state index in [-0.39, 0.29) is 30.1 Å². The number of halogens is 1. The maximum Gasteiger partial charge on any atom is 0.264 e. The quantitative estimate of drug-likeness (QED) is 0.280. The van der Waals surface area contributed by atoms with Crippen molar-refractivity contribution in [1.82, 2.24) is 0 Å². The largest absolute Gasteiger partial charge is 0.497 e. The highest BCUT2D eigenvalue weighted by molar-refractivity contribution is 9.10. The minimum absolute atomic E-state index is 0.0295. The van der Waals surface area contributed by atoms with Crippen molar-refractivity contribution in [2.45, 2.75) is 63.3 Å². The van der Waals surface area contributed by atoms with E-state index in [1.165, 1.54) is 12.1 Å². The number of anilines is 2. The topological polar surface area (TPSA) is 108 Å². The van der Waals surface area contributed by atoms with E-state index in [0.717, 1.165) is 27.0 Å². The molecule has 0 bridgehead atoms. The maximum atomic E-state index is 14.7. The Morgan fingerprint density at radius 3 is 2.42 bits per heavy atom. The summed E-state index contributed by atoms with van der Waals surface area (Å²) in [7, 11) is -0.599. The van der Waals surface area contributed by atoms with Crippen LogP contribution in [-0.2, 0) is 26.5 Å². The van der Waals surface area contributed by atoms with E-state index in [0.29, 0.717) is 18.7 Å². The zero-order valence-corrected chi connectivity index (χ0v) is 27.7. The molecular formula is C33H39BrN2O6Si. The number of aliphatic hydroxyl groups excluding tert-OH is 2. The first-order valence-electron chi connectivity index (χ1n) is 14.6. The molecule has 1 fully saturated rings. The van der Waals surface area contributed by atoms with Crippen LogP contribution in [-0.4, -0.2) is 56.0 Å². The van der Waals surface area contributed by atoms with Gasteiger partial charge in [0.15, 0.2) is 5.60 Å². The van der Waals surface area contributed by atoms with Gasteiger partial charge in [0, 0.05) is 28.2 Å². The molecule has 3 aromatic carbocycles. The first kappa shape index (κ1) is 31.4. The summed E-state index contributed by atoms with van der Waals surface area (Å²) in [5.41, 5.74) is 1.96. The first-order valence-corrected chi connectivity index (χ1v) is 18.4. The van der Waals surface area contributed by atoms with Crippen LogP contribution in [0.25, 0.3) is 0 Å². The number of carbonyl (C=O) groups excluding carboxylic acids is 2. The number of nitrogens with zero attached hydrogens (tertiary/aromatic N) is 1. The van der Waals surface area contributed by atoms with E-state index in [1.54, 1.807) is 24.1 Å². The van der Waals surface area contributed by atoms with Crippen LogP contribution >= 0.6 is 15.9 Å². The predicted octanol–water partition coefficient (Wildman–Crippen LogP) is 4.92. The molecule has 0 saturated carbocycles. The van der Waals surface area contributed by atoms with Crippen LogP contribution in [0.3, 0.4) is 0 Å². The van der Waals surface area contributed by atoms with Crippen molar-refractivity contribution in [3.05, 3.63) is 82.3 Å². The number of benzene rings is 3. The molecule has 5 atom stereocenters. The van der Waals surface area contributed by atoms with Crippen molar-refractivity contribution >= 4 is 52.4 Å². The molecule has 3 aromatic rings. The summed E-state index contributed by atoms with van der Waals surface area (Å²) < 4.78 is 13.2. The highest BCUT2D eigenvalue weighted by Crippen LogP contribution is 2.60. The van der Waals surface area contributed by atoms with Gasteiger partial charge in [0.2, 0.25) is 0 Å². The minimum Gasteiger partial charge on any atom is -0.497 e. The Labute approximate surface area is 262 Å². The number of ether oxygens (including phenoxy) is 2. The standard InChI is InChI=1S/C33H39BrN2O6Si/c1-20-30(43(4,5)26-13-11-25(41-3)12-14-26)29(16-17-37)42-33(20)27-18-23(34)8-15-28(27)36(32(33)40)19-22-6-9-24(10-7-22)35-31(39)21(2)38/h6-15,18,20-21,29-30,37-38H,16-17,19H2,1-5H3,(H,35,39)/t20-,21-,29+,30-,33+/m0/s1. The summed E-state index contributed by atoms with van der Waals surface area (Å²) in [5.74, 6) is 0.0526. The second-order valence-corrected chi connectivity index (χ2v) is 17.7. The number of fused-ring (bicyclic) bond motifs is 2. The lowest BCUT2D eigenvalue weighted by Crippen LogP contribution is -2.51. The third kappa shape index (κ3) is 5.55. The molecule has 0 aliphatic carbocycles. The Hall–Kier alpha value is -3.02. The lowest BCUT2D eigenvalue weighted by Gasteiger charge is -2.37. The number of carbonyl (C=O) groups is 2. The summed E-state index contributed by atoms with van der Waals surface area (Å²) in [6.45, 7) is 8.48. The van der Waals surface area contributed by atoms with Gasteiger partial charge in [0.25, 0.3) is 11.8 Å². The van der Waals surface area contributed by atoms with Gasteiger partial charge < -0.3 is 29.9 Å². The lowest BCUT2D eigenvalue weighted by atomic mass is 9.82. The minimum atomic E-state index is -2.25. The molecule has 8 nitrogen and oxygen atoms in total. The van der Waals surface area contributed by atoms with Crippen molar-refractivity contribution in [2.24, 2.45) is 5.92 Å². The average molecular weight is 668 g/mol. The molecule has 5 rings (SSSR count). The van der Waals surface area contributed by atoms with Crippen LogP contribution in [0.5, 0.6) is 5.75 Å². The fraction of sp³-hybridized carbons (Fsp3) is 0.394. The van der Waals surface area contributed by atoms with Gasteiger partial charge in [-0.05, 0) is 66.9 Å². The zero-order valence-electron chi connectivity index (χ0n) is 25.1. The summed E-state index contributed by atoms with van der Waals surface area (Å²) in [6, 6.07) is 21.4. The molecule has 2 aliphatic heterocycles. The number of nitrogens with one attached hydrogen (secondary N) is 1. The molecule has 0 unspecified atom stereocenters. The van der Waals surface area contributed by atoms with Gasteiger partial charge in [0.05, 0.1) is 33.5 Å². The zero-order chi connectivity index (χ0) is 31.1. The van der Waals surface area contributed by atoms with Crippen LogP contribution in [0.4, 0.5) is 11.4 Å². The van der Waals surface area contributed by atoms with Crippen molar-refractivity contribution in [1.29, 1.82) is 0 Å². The molecule has 2 heterocycles.